The summed E-state index contributed by atoms with van der Waals surface area (Å²) in [6, 6.07) is 13.9. The number of hydrogen-bond donors (Lipinski definition) is 3. The zero-order valence-electron chi connectivity index (χ0n) is 18.8. The van der Waals surface area contributed by atoms with Crippen LogP contribution < -0.4 is 15.4 Å². The van der Waals surface area contributed by atoms with Crippen molar-refractivity contribution >= 4 is 29.2 Å². The van der Waals surface area contributed by atoms with Crippen molar-refractivity contribution in [2.75, 3.05) is 12.4 Å². The summed E-state index contributed by atoms with van der Waals surface area (Å²) in [7, 11) is 1.65. The minimum atomic E-state index is -4.53. The molecule has 1 aliphatic heterocycles. The molecule has 0 bridgehead atoms. The lowest BCUT2D eigenvalue weighted by Crippen LogP contribution is -2.26. The number of amides is 1. The molecule has 0 saturated carbocycles. The monoisotopic (exact) mass is 492 g/mol. The summed E-state index contributed by atoms with van der Waals surface area (Å²) in [5.41, 5.74) is 0.148. The second-order valence-corrected chi connectivity index (χ2v) is 7.45. The van der Waals surface area contributed by atoms with Gasteiger partial charge in [0.15, 0.2) is 11.7 Å². The first-order valence-electron chi connectivity index (χ1n) is 10.6. The fourth-order valence-electron chi connectivity index (χ4n) is 3.21. The number of ether oxygens (including phenoxy) is 1. The van der Waals surface area contributed by atoms with Gasteiger partial charge in [-0.25, -0.2) is 4.99 Å². The van der Waals surface area contributed by atoms with Crippen LogP contribution in [0.1, 0.15) is 21.5 Å². The van der Waals surface area contributed by atoms with Crippen molar-refractivity contribution in [3.05, 3.63) is 102 Å². The van der Waals surface area contributed by atoms with E-state index in [2.05, 4.69) is 25.6 Å². The largest absolute Gasteiger partial charge is 0.438 e. The number of carbonyl (C=O) groups is 1. The van der Waals surface area contributed by atoms with E-state index in [0.29, 0.717) is 5.56 Å². The second kappa shape index (κ2) is 10.2. The third kappa shape index (κ3) is 5.63. The maximum atomic E-state index is 13.0. The minimum Gasteiger partial charge on any atom is -0.438 e. The van der Waals surface area contributed by atoms with E-state index in [0.717, 1.165) is 12.1 Å². The molecule has 1 amide bonds. The lowest BCUT2D eigenvalue weighted by Gasteiger charge is -2.17. The number of aromatic nitrogens is 1. The van der Waals surface area contributed by atoms with Crippen LogP contribution in [0.2, 0.25) is 0 Å². The number of halogens is 3. The molecule has 0 unspecified atom stereocenters. The van der Waals surface area contributed by atoms with Crippen molar-refractivity contribution in [1.82, 2.24) is 10.3 Å². The molecule has 0 radical (unpaired) electrons. The summed E-state index contributed by atoms with van der Waals surface area (Å²) < 4.78 is 44.9. The van der Waals surface area contributed by atoms with Crippen molar-refractivity contribution in [1.29, 1.82) is 5.41 Å². The molecule has 3 N–H and O–H groups in total. The molecule has 0 spiro atoms. The van der Waals surface area contributed by atoms with Gasteiger partial charge in [0, 0.05) is 42.5 Å². The average molecular weight is 492 g/mol. The molecule has 0 fully saturated rings. The van der Waals surface area contributed by atoms with Crippen LogP contribution in [0.15, 0.2) is 94.8 Å². The first-order chi connectivity index (χ1) is 17.2. The maximum absolute atomic E-state index is 13.0. The van der Waals surface area contributed by atoms with Gasteiger partial charge < -0.3 is 15.4 Å². The highest BCUT2D eigenvalue weighted by Gasteiger charge is 2.30. The van der Waals surface area contributed by atoms with E-state index in [9.17, 15) is 18.0 Å². The molecule has 4 rings (SSSR count). The molecule has 8 nitrogen and oxygen atoms in total. The quantitative estimate of drug-likeness (QED) is 0.481. The molecule has 0 atom stereocenters. The first kappa shape index (κ1) is 24.3. The van der Waals surface area contributed by atoms with Crippen LogP contribution in [0.5, 0.6) is 5.75 Å². The minimum absolute atomic E-state index is 0.00261. The Morgan fingerprint density at radius 1 is 1.06 bits per heavy atom. The number of nitrogens with one attached hydrogen (secondary N) is 3. The van der Waals surface area contributed by atoms with Gasteiger partial charge in [-0.3, -0.25) is 15.2 Å². The lowest BCUT2D eigenvalue weighted by molar-refractivity contribution is -0.137. The fourth-order valence-corrected chi connectivity index (χ4v) is 3.21. The number of carbonyl (C=O) groups excluding carboxylic acids is 1. The van der Waals surface area contributed by atoms with E-state index in [-0.39, 0.29) is 40.1 Å². The van der Waals surface area contributed by atoms with E-state index in [4.69, 9.17) is 10.1 Å². The third-order valence-electron chi connectivity index (χ3n) is 4.88. The molecule has 182 valence electrons. The number of nitrogens with zero attached hydrogens (tertiary/aromatic N) is 3. The summed E-state index contributed by atoms with van der Waals surface area (Å²) in [6.07, 6.45) is 0.134. The van der Waals surface area contributed by atoms with Crippen molar-refractivity contribution < 1.29 is 22.7 Å². The van der Waals surface area contributed by atoms with Crippen LogP contribution in [0.3, 0.4) is 0 Å². The average Bonchev–Trinajstić information content (AvgIpc) is 2.86. The van der Waals surface area contributed by atoms with E-state index in [1.54, 1.807) is 43.7 Å². The van der Waals surface area contributed by atoms with Crippen molar-refractivity contribution in [3.8, 4) is 5.75 Å². The molecular formula is C25H19F3N6O2. The van der Waals surface area contributed by atoms with Gasteiger partial charge in [0.1, 0.15) is 5.75 Å². The molecule has 3 aromatic rings. The van der Waals surface area contributed by atoms with Crippen molar-refractivity contribution in [2.24, 2.45) is 9.98 Å². The molecular weight excluding hydrogens is 473 g/mol. The molecule has 0 aliphatic carbocycles. The van der Waals surface area contributed by atoms with Gasteiger partial charge in [0.2, 0.25) is 5.90 Å². The highest BCUT2D eigenvalue weighted by molar-refractivity contribution is 6.30. The van der Waals surface area contributed by atoms with Crippen LogP contribution in [0, 0.1) is 5.41 Å². The van der Waals surface area contributed by atoms with Gasteiger partial charge in [0.25, 0.3) is 5.91 Å². The Hall–Kier alpha value is -4.80. The lowest BCUT2D eigenvalue weighted by atomic mass is 10.1. The normalized spacial score (nSPS) is 14.7. The maximum Gasteiger partial charge on any atom is 0.416 e. The zero-order valence-corrected chi connectivity index (χ0v) is 18.8. The number of hydrogen-bond acceptors (Lipinski definition) is 6. The molecule has 2 heterocycles. The Morgan fingerprint density at radius 3 is 2.58 bits per heavy atom. The van der Waals surface area contributed by atoms with Crippen molar-refractivity contribution in [2.45, 2.75) is 6.18 Å². The van der Waals surface area contributed by atoms with Crippen molar-refractivity contribution in [3.63, 3.8) is 0 Å². The highest BCUT2D eigenvalue weighted by Crippen LogP contribution is 2.31. The number of benzene rings is 2. The van der Waals surface area contributed by atoms with E-state index < -0.39 is 17.6 Å². The fraction of sp³-hybridized carbons (Fsp3) is 0.0800. The number of amidine groups is 2. The predicted octanol–water partition coefficient (Wildman–Crippen LogP) is 4.67. The second-order valence-electron chi connectivity index (χ2n) is 7.45. The standard InChI is InChI=1S/C25H19F3N6O2/c1-30-14-20-21(29)33-22(16-6-4-10-31-13-16)34-24(20)36-19-9-2-5-15(11-19)23(35)32-18-8-3-7-17(12-18)25(26,27)28/h2-14,29-30H,1H3,(H,32,35)/b20-14+,29-21?. The molecule has 0 saturated heterocycles. The SMILES string of the molecule is CN/C=C1\C(=N)N=C(c2cccnc2)N=C1Oc1cccc(C(=O)Nc2cccc(C(F)(F)F)c2)c1. The Kier molecular flexibility index (Phi) is 6.91. The van der Waals surface area contributed by atoms with Crippen LogP contribution in [-0.2, 0) is 6.18 Å². The first-order valence-corrected chi connectivity index (χ1v) is 10.6. The Morgan fingerprint density at radius 2 is 1.86 bits per heavy atom. The molecule has 36 heavy (non-hydrogen) atoms. The number of pyridine rings is 1. The zero-order chi connectivity index (χ0) is 25.7. The Balaban J connectivity index is 1.58. The predicted molar refractivity (Wildman–Crippen MR) is 130 cm³/mol. The van der Waals surface area contributed by atoms with Gasteiger partial charge in [-0.05, 0) is 48.5 Å². The molecule has 2 aromatic carbocycles. The summed E-state index contributed by atoms with van der Waals surface area (Å²) in [6.45, 7) is 0. The summed E-state index contributed by atoms with van der Waals surface area (Å²) >= 11 is 0. The third-order valence-corrected chi connectivity index (χ3v) is 4.88. The topological polar surface area (TPSA) is 112 Å². The van der Waals surface area contributed by atoms with Crippen LogP contribution in [0.4, 0.5) is 18.9 Å². The molecule has 1 aromatic heterocycles. The van der Waals surface area contributed by atoms with Gasteiger partial charge in [-0.2, -0.15) is 18.2 Å². The smallest absolute Gasteiger partial charge is 0.416 e. The number of anilines is 1. The van der Waals surface area contributed by atoms with Crippen LogP contribution in [-0.4, -0.2) is 35.5 Å². The molecule has 11 heteroatoms. The summed E-state index contributed by atoms with van der Waals surface area (Å²) in [5, 5.41) is 13.6. The highest BCUT2D eigenvalue weighted by atomic mass is 19.4. The number of aliphatic imine (C=N–C) groups is 2. The van der Waals surface area contributed by atoms with Gasteiger partial charge in [-0.15, -0.1) is 0 Å². The number of alkyl halides is 3. The Bertz CT molecular complexity index is 1400. The van der Waals surface area contributed by atoms with E-state index >= 15 is 0 Å². The van der Waals surface area contributed by atoms with Gasteiger partial charge in [-0.1, -0.05) is 12.1 Å². The van der Waals surface area contributed by atoms with Gasteiger partial charge >= 0.3 is 6.18 Å². The van der Waals surface area contributed by atoms with E-state index in [1.807, 2.05) is 0 Å². The van der Waals surface area contributed by atoms with Crippen LogP contribution >= 0.6 is 0 Å². The Labute approximate surface area is 203 Å². The van der Waals surface area contributed by atoms with E-state index in [1.165, 1.54) is 30.5 Å². The van der Waals surface area contributed by atoms with Gasteiger partial charge in [0.05, 0.1) is 11.1 Å². The molecule has 1 aliphatic rings. The number of rotatable bonds is 5. The summed E-state index contributed by atoms with van der Waals surface area (Å²) in [5.74, 6) is -0.186. The summed E-state index contributed by atoms with van der Waals surface area (Å²) in [4.78, 5) is 25.4. The van der Waals surface area contributed by atoms with Crippen LogP contribution in [0.25, 0.3) is 0 Å².